The van der Waals surface area contributed by atoms with E-state index in [0.717, 1.165) is 43.1 Å². The zero-order chi connectivity index (χ0) is 16.9. The minimum absolute atomic E-state index is 0.146. The number of rotatable bonds is 4. The van der Waals surface area contributed by atoms with Crippen LogP contribution in [0.4, 0.5) is 5.82 Å². The summed E-state index contributed by atoms with van der Waals surface area (Å²) in [7, 11) is 1.59. The lowest BCUT2D eigenvalue weighted by molar-refractivity contribution is 0.170. The lowest BCUT2D eigenvalue weighted by Crippen LogP contribution is -2.39. The summed E-state index contributed by atoms with van der Waals surface area (Å²) in [4.78, 5) is 10.7. The fourth-order valence-corrected chi connectivity index (χ4v) is 2.83. The lowest BCUT2D eigenvalue weighted by atomic mass is 10.1. The lowest BCUT2D eigenvalue weighted by Gasteiger charge is -2.33. The molecule has 0 bridgehead atoms. The topological polar surface area (TPSA) is 71.3 Å². The predicted octanol–water partition coefficient (Wildman–Crippen LogP) is 2.71. The zero-order valence-corrected chi connectivity index (χ0v) is 13.9. The molecule has 0 spiro atoms. The van der Waals surface area contributed by atoms with Gasteiger partial charge >= 0.3 is 0 Å². The highest BCUT2D eigenvalue weighted by Crippen LogP contribution is 2.25. The van der Waals surface area contributed by atoms with Crippen LogP contribution < -0.4 is 14.4 Å². The van der Waals surface area contributed by atoms with Crippen molar-refractivity contribution in [2.24, 2.45) is 0 Å². The highest BCUT2D eigenvalue weighted by Gasteiger charge is 2.23. The fraction of sp³-hybridized carbons (Fsp3) is 0.389. The normalized spacial score (nSPS) is 15.0. The van der Waals surface area contributed by atoms with Crippen molar-refractivity contribution in [1.29, 1.82) is 5.26 Å². The summed E-state index contributed by atoms with van der Waals surface area (Å²) in [6, 6.07) is 7.78. The van der Waals surface area contributed by atoms with Crippen LogP contribution in [0.5, 0.6) is 11.6 Å². The van der Waals surface area contributed by atoms with Gasteiger partial charge in [-0.15, -0.1) is 0 Å². The standard InChI is InChI=1S/C18H20N4O2/c1-13-9-14(10-19)18(21-11-13)22-7-5-15(6-8-22)24-16-3-4-17(23-2)20-12-16/h3-4,9,11-12,15H,5-8H2,1-2H3. The molecule has 2 aromatic heterocycles. The molecule has 0 saturated carbocycles. The van der Waals surface area contributed by atoms with Crippen LogP contribution in [-0.2, 0) is 0 Å². The van der Waals surface area contributed by atoms with Crippen LogP contribution in [0, 0.1) is 18.3 Å². The Morgan fingerprint density at radius 1 is 1.21 bits per heavy atom. The Balaban J connectivity index is 1.60. The number of hydrogen-bond donors (Lipinski definition) is 0. The summed E-state index contributed by atoms with van der Waals surface area (Å²) >= 11 is 0. The number of aromatic nitrogens is 2. The molecule has 3 rings (SSSR count). The maximum atomic E-state index is 9.30. The van der Waals surface area contributed by atoms with E-state index in [0.29, 0.717) is 11.4 Å². The molecule has 0 N–H and O–H groups in total. The second kappa shape index (κ2) is 7.18. The number of methoxy groups -OCH3 is 1. The molecule has 0 unspecified atom stereocenters. The van der Waals surface area contributed by atoms with Crippen molar-refractivity contribution >= 4 is 5.82 Å². The fourth-order valence-electron chi connectivity index (χ4n) is 2.83. The third-order valence-corrected chi connectivity index (χ3v) is 4.09. The van der Waals surface area contributed by atoms with E-state index in [9.17, 15) is 5.26 Å². The van der Waals surface area contributed by atoms with Gasteiger partial charge in [0.15, 0.2) is 0 Å². The average Bonchev–Trinajstić information content (AvgIpc) is 2.63. The van der Waals surface area contributed by atoms with Crippen molar-refractivity contribution in [1.82, 2.24) is 9.97 Å². The summed E-state index contributed by atoms with van der Waals surface area (Å²) in [6.45, 7) is 3.58. The maximum absolute atomic E-state index is 9.30. The molecule has 2 aromatic rings. The van der Waals surface area contributed by atoms with Crippen molar-refractivity contribution < 1.29 is 9.47 Å². The molecular weight excluding hydrogens is 304 g/mol. The molecular formula is C18H20N4O2. The monoisotopic (exact) mass is 324 g/mol. The summed E-state index contributed by atoms with van der Waals surface area (Å²) in [6.07, 6.45) is 5.40. The van der Waals surface area contributed by atoms with Gasteiger partial charge in [-0.05, 0) is 24.6 Å². The second-order valence-corrected chi connectivity index (χ2v) is 5.84. The van der Waals surface area contributed by atoms with Gasteiger partial charge in [-0.3, -0.25) is 0 Å². The molecule has 3 heterocycles. The van der Waals surface area contributed by atoms with Crippen LogP contribution in [0.1, 0.15) is 24.0 Å². The third kappa shape index (κ3) is 3.57. The van der Waals surface area contributed by atoms with E-state index in [1.807, 2.05) is 25.3 Å². The molecule has 1 aliphatic rings. The van der Waals surface area contributed by atoms with E-state index in [-0.39, 0.29) is 6.10 Å². The van der Waals surface area contributed by atoms with E-state index in [1.165, 1.54) is 0 Å². The van der Waals surface area contributed by atoms with Gasteiger partial charge in [-0.2, -0.15) is 5.26 Å². The molecule has 6 heteroatoms. The third-order valence-electron chi connectivity index (χ3n) is 4.09. The van der Waals surface area contributed by atoms with Crippen molar-refractivity contribution in [3.8, 4) is 17.7 Å². The first-order valence-corrected chi connectivity index (χ1v) is 7.98. The first-order valence-electron chi connectivity index (χ1n) is 7.98. The Labute approximate surface area is 141 Å². The Morgan fingerprint density at radius 3 is 2.62 bits per heavy atom. The number of aryl methyl sites for hydroxylation is 1. The number of nitrogens with zero attached hydrogens (tertiary/aromatic N) is 4. The summed E-state index contributed by atoms with van der Waals surface area (Å²) in [5.74, 6) is 2.10. The van der Waals surface area contributed by atoms with Crippen LogP contribution in [-0.4, -0.2) is 36.3 Å². The minimum atomic E-state index is 0.146. The minimum Gasteiger partial charge on any atom is -0.489 e. The van der Waals surface area contributed by atoms with Crippen LogP contribution in [0.25, 0.3) is 0 Å². The largest absolute Gasteiger partial charge is 0.489 e. The molecule has 1 fully saturated rings. The van der Waals surface area contributed by atoms with Crippen LogP contribution in [0.2, 0.25) is 0 Å². The Hall–Kier alpha value is -2.81. The van der Waals surface area contributed by atoms with Gasteiger partial charge in [-0.25, -0.2) is 9.97 Å². The predicted molar refractivity (Wildman–Crippen MR) is 90.3 cm³/mol. The average molecular weight is 324 g/mol. The number of anilines is 1. The van der Waals surface area contributed by atoms with Gasteiger partial charge in [0, 0.05) is 38.2 Å². The van der Waals surface area contributed by atoms with Gasteiger partial charge in [0.25, 0.3) is 0 Å². The Morgan fingerprint density at radius 2 is 2.00 bits per heavy atom. The number of ether oxygens (including phenoxy) is 2. The molecule has 124 valence electrons. The Kier molecular flexibility index (Phi) is 4.80. The zero-order valence-electron chi connectivity index (χ0n) is 13.9. The molecule has 0 aliphatic carbocycles. The molecule has 0 atom stereocenters. The van der Waals surface area contributed by atoms with E-state index < -0.39 is 0 Å². The van der Waals surface area contributed by atoms with Crippen molar-refractivity contribution in [3.05, 3.63) is 41.7 Å². The Bertz CT molecular complexity index is 732. The van der Waals surface area contributed by atoms with Crippen molar-refractivity contribution in [3.63, 3.8) is 0 Å². The molecule has 24 heavy (non-hydrogen) atoms. The number of piperidine rings is 1. The quantitative estimate of drug-likeness (QED) is 0.861. The van der Waals surface area contributed by atoms with Gasteiger partial charge in [0.2, 0.25) is 5.88 Å². The molecule has 0 radical (unpaired) electrons. The summed E-state index contributed by atoms with van der Waals surface area (Å²) in [5.41, 5.74) is 1.63. The van der Waals surface area contributed by atoms with Gasteiger partial charge in [-0.1, -0.05) is 0 Å². The van der Waals surface area contributed by atoms with Crippen LogP contribution in [0.3, 0.4) is 0 Å². The maximum Gasteiger partial charge on any atom is 0.213 e. The van der Waals surface area contributed by atoms with E-state index in [1.54, 1.807) is 19.4 Å². The summed E-state index contributed by atoms with van der Waals surface area (Å²) < 4.78 is 11.0. The van der Waals surface area contributed by atoms with Gasteiger partial charge in [0.1, 0.15) is 23.7 Å². The molecule has 1 saturated heterocycles. The number of pyridine rings is 2. The van der Waals surface area contributed by atoms with Crippen molar-refractivity contribution in [2.75, 3.05) is 25.1 Å². The van der Waals surface area contributed by atoms with Crippen LogP contribution in [0.15, 0.2) is 30.6 Å². The number of nitriles is 1. The molecule has 6 nitrogen and oxygen atoms in total. The van der Waals surface area contributed by atoms with E-state index in [2.05, 4.69) is 20.9 Å². The first kappa shape index (κ1) is 16.1. The summed E-state index contributed by atoms with van der Waals surface area (Å²) in [5, 5.41) is 9.30. The number of hydrogen-bond acceptors (Lipinski definition) is 6. The van der Waals surface area contributed by atoms with E-state index >= 15 is 0 Å². The SMILES string of the molecule is COc1ccc(OC2CCN(c3ncc(C)cc3C#N)CC2)cn1. The molecule has 0 aromatic carbocycles. The highest BCUT2D eigenvalue weighted by atomic mass is 16.5. The smallest absolute Gasteiger partial charge is 0.213 e. The first-order chi connectivity index (χ1) is 11.7. The van der Waals surface area contributed by atoms with Crippen molar-refractivity contribution in [2.45, 2.75) is 25.9 Å². The second-order valence-electron chi connectivity index (χ2n) is 5.84. The van der Waals surface area contributed by atoms with Gasteiger partial charge < -0.3 is 14.4 Å². The molecule has 1 aliphatic heterocycles. The van der Waals surface area contributed by atoms with E-state index in [4.69, 9.17) is 9.47 Å². The molecule has 0 amide bonds. The van der Waals surface area contributed by atoms with Gasteiger partial charge in [0.05, 0.1) is 18.9 Å². The van der Waals surface area contributed by atoms with Crippen LogP contribution >= 0.6 is 0 Å². The highest BCUT2D eigenvalue weighted by molar-refractivity contribution is 5.54.